The van der Waals surface area contributed by atoms with Gasteiger partial charge in [-0.25, -0.2) is 13.4 Å². The summed E-state index contributed by atoms with van der Waals surface area (Å²) in [4.78, 5) is 30.9. The standard InChI is InChI=1S/C29H25N3O6S/c1-18(19-11-12-21-17-22(37-3)14-13-20(21)16-19)29(34)38-27-23-8-4-5-9-24(23)39(35,36)32(2)26(27)28(33)31-25-10-6-7-15-30-25/h4-18H,1-3H3,(H,30,31,33). The van der Waals surface area contributed by atoms with Crippen molar-refractivity contribution in [2.75, 3.05) is 19.5 Å². The van der Waals surface area contributed by atoms with E-state index in [1.807, 2.05) is 36.4 Å². The van der Waals surface area contributed by atoms with Crippen molar-refractivity contribution in [3.05, 3.63) is 102 Å². The van der Waals surface area contributed by atoms with Gasteiger partial charge in [-0.05, 0) is 59.7 Å². The van der Waals surface area contributed by atoms with E-state index in [0.717, 1.165) is 20.8 Å². The Balaban J connectivity index is 1.54. The molecule has 9 nitrogen and oxygen atoms in total. The number of ether oxygens (including phenoxy) is 2. The molecule has 1 aromatic heterocycles. The van der Waals surface area contributed by atoms with Crippen molar-refractivity contribution in [2.45, 2.75) is 17.7 Å². The largest absolute Gasteiger partial charge is 0.497 e. The lowest BCUT2D eigenvalue weighted by Crippen LogP contribution is -2.38. The zero-order chi connectivity index (χ0) is 27.7. The third-order valence-electron chi connectivity index (χ3n) is 6.55. The van der Waals surface area contributed by atoms with Crippen molar-refractivity contribution in [1.82, 2.24) is 9.29 Å². The summed E-state index contributed by atoms with van der Waals surface area (Å²) >= 11 is 0. The molecule has 0 bridgehead atoms. The zero-order valence-electron chi connectivity index (χ0n) is 21.4. The maximum atomic E-state index is 13.5. The highest BCUT2D eigenvalue weighted by Gasteiger charge is 2.40. The number of likely N-dealkylation sites (N-methyl/N-ethyl adjacent to an activating group) is 1. The van der Waals surface area contributed by atoms with Gasteiger partial charge in [0.25, 0.3) is 15.9 Å². The summed E-state index contributed by atoms with van der Waals surface area (Å²) in [5.41, 5.74) is 0.487. The minimum absolute atomic E-state index is 0.0722. The molecule has 1 N–H and O–H groups in total. The van der Waals surface area contributed by atoms with Gasteiger partial charge in [0.05, 0.1) is 17.9 Å². The van der Waals surface area contributed by atoms with Crippen LogP contribution in [0.5, 0.6) is 5.75 Å². The summed E-state index contributed by atoms with van der Waals surface area (Å²) in [5, 5.41) is 4.45. The van der Waals surface area contributed by atoms with Crippen molar-refractivity contribution >= 4 is 44.2 Å². The Morgan fingerprint density at radius 3 is 2.41 bits per heavy atom. The molecule has 0 aliphatic carbocycles. The number of pyridine rings is 1. The van der Waals surface area contributed by atoms with Gasteiger partial charge in [0.2, 0.25) is 0 Å². The maximum Gasteiger partial charge on any atom is 0.318 e. The Kier molecular flexibility index (Phi) is 6.80. The second kappa shape index (κ2) is 10.2. The predicted octanol–water partition coefficient (Wildman–Crippen LogP) is 4.53. The van der Waals surface area contributed by atoms with Crippen LogP contribution in [0.1, 0.15) is 24.0 Å². The normalized spacial score (nSPS) is 14.9. The molecule has 1 aliphatic heterocycles. The number of benzene rings is 3. The van der Waals surface area contributed by atoms with Crippen molar-refractivity contribution < 1.29 is 27.5 Å². The van der Waals surface area contributed by atoms with E-state index in [-0.39, 0.29) is 27.7 Å². The monoisotopic (exact) mass is 543 g/mol. The number of sulfonamides is 1. The zero-order valence-corrected chi connectivity index (χ0v) is 22.2. The molecule has 198 valence electrons. The van der Waals surface area contributed by atoms with Gasteiger partial charge in [0.15, 0.2) is 11.5 Å². The van der Waals surface area contributed by atoms with Gasteiger partial charge < -0.3 is 14.8 Å². The summed E-state index contributed by atoms with van der Waals surface area (Å²) in [6.07, 6.45) is 1.49. The fourth-order valence-corrected chi connectivity index (χ4v) is 5.73. The molecule has 0 radical (unpaired) electrons. The molecule has 0 saturated heterocycles. The van der Waals surface area contributed by atoms with E-state index in [4.69, 9.17) is 9.47 Å². The average molecular weight is 544 g/mol. The lowest BCUT2D eigenvalue weighted by atomic mass is 9.97. The highest BCUT2D eigenvalue weighted by Crippen LogP contribution is 2.38. The highest BCUT2D eigenvalue weighted by molar-refractivity contribution is 7.89. The number of fused-ring (bicyclic) bond motifs is 2. The minimum Gasteiger partial charge on any atom is -0.497 e. The number of carbonyl (C=O) groups excluding carboxylic acids is 2. The van der Waals surface area contributed by atoms with Crippen LogP contribution in [-0.2, 0) is 24.3 Å². The molecular weight excluding hydrogens is 518 g/mol. The SMILES string of the molecule is COc1ccc2cc(C(C)C(=O)OC3=C(C(=O)Nc4ccccn4)N(C)S(=O)(=O)c4ccccc43)ccc2c1. The fourth-order valence-electron chi connectivity index (χ4n) is 4.34. The van der Waals surface area contributed by atoms with Crippen molar-refractivity contribution in [1.29, 1.82) is 0 Å². The Hall–Kier alpha value is -4.70. The molecule has 0 spiro atoms. The van der Waals surface area contributed by atoms with E-state index < -0.39 is 27.8 Å². The second-order valence-corrected chi connectivity index (χ2v) is 10.9. The van der Waals surface area contributed by atoms with Gasteiger partial charge >= 0.3 is 5.97 Å². The van der Waals surface area contributed by atoms with E-state index >= 15 is 0 Å². The number of hydrogen-bond donors (Lipinski definition) is 1. The van der Waals surface area contributed by atoms with Crippen LogP contribution in [0.15, 0.2) is 95.7 Å². The molecule has 1 unspecified atom stereocenters. The van der Waals surface area contributed by atoms with E-state index in [0.29, 0.717) is 5.56 Å². The number of nitrogens with zero attached hydrogens (tertiary/aromatic N) is 2. The van der Waals surface area contributed by atoms with Crippen molar-refractivity contribution in [2.24, 2.45) is 0 Å². The van der Waals surface area contributed by atoms with E-state index in [1.54, 1.807) is 44.4 Å². The van der Waals surface area contributed by atoms with Crippen LogP contribution in [-0.4, -0.2) is 43.7 Å². The van der Waals surface area contributed by atoms with Gasteiger partial charge in [-0.2, -0.15) is 0 Å². The fraction of sp³-hybridized carbons (Fsp3) is 0.138. The Bertz CT molecular complexity index is 1730. The van der Waals surface area contributed by atoms with Crippen LogP contribution in [0.3, 0.4) is 0 Å². The first-order valence-corrected chi connectivity index (χ1v) is 13.5. The molecule has 39 heavy (non-hydrogen) atoms. The number of methoxy groups -OCH3 is 1. The van der Waals surface area contributed by atoms with Gasteiger partial charge in [-0.1, -0.05) is 42.5 Å². The first-order valence-electron chi connectivity index (χ1n) is 12.0. The molecule has 5 rings (SSSR count). The van der Waals surface area contributed by atoms with Crippen molar-refractivity contribution in [3.8, 4) is 5.75 Å². The Labute approximate surface area is 225 Å². The predicted molar refractivity (Wildman–Crippen MR) is 146 cm³/mol. The van der Waals surface area contributed by atoms with Gasteiger partial charge in [0.1, 0.15) is 11.6 Å². The van der Waals surface area contributed by atoms with Gasteiger partial charge in [0, 0.05) is 18.8 Å². The van der Waals surface area contributed by atoms with Crippen LogP contribution in [0, 0.1) is 0 Å². The number of carbonyl (C=O) groups is 2. The summed E-state index contributed by atoms with van der Waals surface area (Å²) < 4.78 is 38.5. The van der Waals surface area contributed by atoms with Crippen LogP contribution in [0.25, 0.3) is 16.5 Å². The summed E-state index contributed by atoms with van der Waals surface area (Å²) in [7, 11) is -1.25. The van der Waals surface area contributed by atoms with Gasteiger partial charge in [-0.15, -0.1) is 0 Å². The molecule has 1 atom stereocenters. The lowest BCUT2D eigenvalue weighted by Gasteiger charge is -2.30. The first-order chi connectivity index (χ1) is 18.7. The number of rotatable bonds is 6. The van der Waals surface area contributed by atoms with Crippen LogP contribution >= 0.6 is 0 Å². The molecule has 4 aromatic rings. The topological polar surface area (TPSA) is 115 Å². The molecule has 1 aliphatic rings. The number of anilines is 1. The third-order valence-corrected chi connectivity index (χ3v) is 8.36. The average Bonchev–Trinajstić information content (AvgIpc) is 2.95. The summed E-state index contributed by atoms with van der Waals surface area (Å²) in [6, 6.07) is 22.2. The van der Waals surface area contributed by atoms with Gasteiger partial charge in [-0.3, -0.25) is 13.9 Å². The van der Waals surface area contributed by atoms with Crippen LogP contribution in [0.2, 0.25) is 0 Å². The summed E-state index contributed by atoms with van der Waals surface area (Å²) in [6.45, 7) is 1.69. The smallest absolute Gasteiger partial charge is 0.318 e. The Morgan fingerprint density at radius 1 is 0.949 bits per heavy atom. The molecule has 1 amide bonds. The number of amides is 1. The second-order valence-electron chi connectivity index (χ2n) is 8.93. The quantitative estimate of drug-likeness (QED) is 0.355. The van der Waals surface area contributed by atoms with Crippen LogP contribution in [0.4, 0.5) is 5.82 Å². The molecular formula is C29H25N3O6S. The van der Waals surface area contributed by atoms with E-state index in [1.165, 1.54) is 25.4 Å². The maximum absolute atomic E-state index is 13.5. The van der Waals surface area contributed by atoms with Crippen molar-refractivity contribution in [3.63, 3.8) is 0 Å². The first kappa shape index (κ1) is 25.9. The van der Waals surface area contributed by atoms with E-state index in [2.05, 4.69) is 10.3 Å². The Morgan fingerprint density at radius 2 is 1.67 bits per heavy atom. The molecule has 0 fully saturated rings. The lowest BCUT2D eigenvalue weighted by molar-refractivity contribution is -0.138. The number of nitrogens with one attached hydrogen (secondary N) is 1. The minimum atomic E-state index is -4.09. The molecule has 10 heteroatoms. The molecule has 0 saturated carbocycles. The highest BCUT2D eigenvalue weighted by atomic mass is 32.2. The molecule has 3 aromatic carbocycles. The third kappa shape index (κ3) is 4.82. The van der Waals surface area contributed by atoms with Crippen LogP contribution < -0.4 is 10.1 Å². The number of aromatic nitrogens is 1. The van der Waals surface area contributed by atoms with E-state index in [9.17, 15) is 18.0 Å². The molecule has 2 heterocycles. The number of esters is 1. The summed E-state index contributed by atoms with van der Waals surface area (Å²) in [5.74, 6) is -1.38. The number of hydrogen-bond acceptors (Lipinski definition) is 7.